The van der Waals surface area contributed by atoms with E-state index in [1.54, 1.807) is 0 Å². The van der Waals surface area contributed by atoms with Gasteiger partial charge in [-0.1, -0.05) is 30.3 Å². The van der Waals surface area contributed by atoms with E-state index in [9.17, 15) is 4.79 Å². The molecule has 0 radical (unpaired) electrons. The summed E-state index contributed by atoms with van der Waals surface area (Å²) in [4.78, 5) is 20.9. The van der Waals surface area contributed by atoms with Crippen molar-refractivity contribution in [2.24, 2.45) is 0 Å². The third-order valence-electron chi connectivity index (χ3n) is 4.07. The maximum Gasteiger partial charge on any atom is 0.267 e. The van der Waals surface area contributed by atoms with E-state index in [4.69, 9.17) is 0 Å². The minimum atomic E-state index is -0.114. The Kier molecular flexibility index (Phi) is 3.86. The van der Waals surface area contributed by atoms with E-state index in [0.29, 0.717) is 4.88 Å². The Balaban J connectivity index is 1.63. The maximum atomic E-state index is 12.5. The summed E-state index contributed by atoms with van der Waals surface area (Å²) >= 11 is 1.42. The number of amides is 1. The Morgan fingerprint density at radius 1 is 1.08 bits per heavy atom. The molecule has 25 heavy (non-hydrogen) atoms. The quantitative estimate of drug-likeness (QED) is 0.538. The molecule has 124 valence electrons. The summed E-state index contributed by atoms with van der Waals surface area (Å²) in [6.07, 6.45) is 0. The van der Waals surface area contributed by atoms with E-state index in [1.807, 2.05) is 50.2 Å². The van der Waals surface area contributed by atoms with Crippen molar-refractivity contribution in [3.05, 3.63) is 70.2 Å². The van der Waals surface area contributed by atoms with Crippen LogP contribution in [0.1, 0.15) is 20.4 Å². The van der Waals surface area contributed by atoms with E-state index in [-0.39, 0.29) is 5.91 Å². The van der Waals surface area contributed by atoms with Crippen molar-refractivity contribution in [3.63, 3.8) is 0 Å². The Morgan fingerprint density at radius 2 is 1.92 bits per heavy atom. The summed E-state index contributed by atoms with van der Waals surface area (Å²) in [6, 6.07) is 18.1. The minimum Gasteiger partial charge on any atom is -0.355 e. The van der Waals surface area contributed by atoms with E-state index in [2.05, 4.69) is 33.5 Å². The fraction of sp³-hybridized carbons (Fsp3) is 0.100. The Labute approximate surface area is 149 Å². The molecule has 0 bridgehead atoms. The molecule has 0 aliphatic rings. The van der Waals surface area contributed by atoms with Crippen molar-refractivity contribution < 1.29 is 4.79 Å². The fourth-order valence-electron chi connectivity index (χ4n) is 2.92. The molecule has 2 N–H and O–H groups in total. The van der Waals surface area contributed by atoms with Gasteiger partial charge in [-0.05, 0) is 38.1 Å². The first-order chi connectivity index (χ1) is 12.1. The molecule has 2 aromatic heterocycles. The number of nitrogens with zero attached hydrogens (tertiary/aromatic N) is 1. The number of aromatic amines is 1. The first-order valence-corrected chi connectivity index (χ1v) is 8.85. The number of anilines is 1. The van der Waals surface area contributed by atoms with Crippen LogP contribution in [0.5, 0.6) is 0 Å². The molecule has 0 atom stereocenters. The van der Waals surface area contributed by atoms with Gasteiger partial charge in [0.25, 0.3) is 5.91 Å². The molecule has 1 amide bonds. The van der Waals surface area contributed by atoms with Crippen molar-refractivity contribution in [1.82, 2.24) is 9.97 Å². The number of carbonyl (C=O) groups is 1. The monoisotopic (exact) mass is 347 g/mol. The van der Waals surface area contributed by atoms with Crippen molar-refractivity contribution in [3.8, 4) is 11.3 Å². The van der Waals surface area contributed by atoms with Gasteiger partial charge >= 0.3 is 0 Å². The second kappa shape index (κ2) is 6.18. The van der Waals surface area contributed by atoms with Gasteiger partial charge in [-0.2, -0.15) is 0 Å². The van der Waals surface area contributed by atoms with Gasteiger partial charge in [-0.15, -0.1) is 11.3 Å². The van der Waals surface area contributed by atoms with Crippen LogP contribution in [0.3, 0.4) is 0 Å². The molecular weight excluding hydrogens is 330 g/mol. The van der Waals surface area contributed by atoms with Crippen LogP contribution in [0.15, 0.2) is 54.6 Å². The Bertz CT molecular complexity index is 1040. The van der Waals surface area contributed by atoms with Gasteiger partial charge in [0.15, 0.2) is 0 Å². The molecule has 0 aliphatic carbocycles. The summed E-state index contributed by atoms with van der Waals surface area (Å²) < 4.78 is 0. The van der Waals surface area contributed by atoms with Crippen LogP contribution in [0, 0.1) is 13.8 Å². The van der Waals surface area contributed by atoms with Gasteiger partial charge in [-0.3, -0.25) is 4.79 Å². The third-order valence-corrected chi connectivity index (χ3v) is 5.14. The van der Waals surface area contributed by atoms with Gasteiger partial charge in [0.05, 0.1) is 10.7 Å². The number of hydrogen-bond donors (Lipinski definition) is 2. The van der Waals surface area contributed by atoms with E-state index in [0.717, 1.165) is 33.2 Å². The lowest BCUT2D eigenvalue weighted by Gasteiger charge is -2.06. The topological polar surface area (TPSA) is 57.8 Å². The van der Waals surface area contributed by atoms with Crippen LogP contribution < -0.4 is 5.32 Å². The van der Waals surface area contributed by atoms with Crippen molar-refractivity contribution in [2.75, 3.05) is 5.32 Å². The highest BCUT2D eigenvalue weighted by atomic mass is 32.1. The van der Waals surface area contributed by atoms with Gasteiger partial charge in [0, 0.05) is 27.8 Å². The van der Waals surface area contributed by atoms with Crippen LogP contribution in [0.2, 0.25) is 0 Å². The first-order valence-electron chi connectivity index (χ1n) is 8.04. The number of aromatic nitrogens is 2. The fourth-order valence-corrected chi connectivity index (χ4v) is 3.74. The molecule has 5 heteroatoms. The summed E-state index contributed by atoms with van der Waals surface area (Å²) in [7, 11) is 0. The lowest BCUT2D eigenvalue weighted by atomic mass is 10.1. The maximum absolute atomic E-state index is 12.5. The minimum absolute atomic E-state index is 0.114. The largest absolute Gasteiger partial charge is 0.355 e. The summed E-state index contributed by atoms with van der Waals surface area (Å²) in [6.45, 7) is 3.77. The molecule has 4 rings (SSSR count). The number of aryl methyl sites for hydroxylation is 2. The number of thiazole rings is 1. The van der Waals surface area contributed by atoms with Gasteiger partial charge < -0.3 is 10.3 Å². The number of hydrogen-bond acceptors (Lipinski definition) is 3. The number of rotatable bonds is 3. The van der Waals surface area contributed by atoms with Crippen LogP contribution in [0.25, 0.3) is 22.2 Å². The Hall–Kier alpha value is -2.92. The zero-order valence-corrected chi connectivity index (χ0v) is 14.8. The second-order valence-electron chi connectivity index (χ2n) is 5.95. The van der Waals surface area contributed by atoms with Crippen molar-refractivity contribution in [2.45, 2.75) is 13.8 Å². The number of nitrogens with one attached hydrogen (secondary N) is 2. The molecule has 4 aromatic rings. The molecule has 0 spiro atoms. The average Bonchev–Trinajstić information content (AvgIpc) is 3.18. The number of benzene rings is 2. The lowest BCUT2D eigenvalue weighted by Crippen LogP contribution is -2.11. The number of fused-ring (bicyclic) bond motifs is 1. The molecular formula is C20H17N3OS. The van der Waals surface area contributed by atoms with Crippen LogP contribution in [0.4, 0.5) is 5.69 Å². The highest BCUT2D eigenvalue weighted by Crippen LogP contribution is 2.26. The standard InChI is InChI=1S/C20H17N3OS/c1-12-19(25-13(2)21-12)20(24)22-16-8-5-7-14(10-16)18-11-15-6-3-4-9-17(15)23-18/h3-11,23H,1-2H3,(H,22,24). The number of carbonyl (C=O) groups excluding carboxylic acids is 1. The molecule has 2 heterocycles. The normalized spacial score (nSPS) is 11.0. The Morgan fingerprint density at radius 3 is 2.68 bits per heavy atom. The average molecular weight is 347 g/mol. The summed E-state index contributed by atoms with van der Waals surface area (Å²) in [5.41, 5.74) is 4.70. The second-order valence-corrected chi connectivity index (χ2v) is 7.16. The molecule has 0 saturated carbocycles. The van der Waals surface area contributed by atoms with Gasteiger partial charge in [0.2, 0.25) is 0 Å². The van der Waals surface area contributed by atoms with Crippen molar-refractivity contribution in [1.29, 1.82) is 0 Å². The lowest BCUT2D eigenvalue weighted by molar-refractivity contribution is 0.103. The highest BCUT2D eigenvalue weighted by molar-refractivity contribution is 7.13. The molecule has 0 unspecified atom stereocenters. The predicted octanol–water partition coefficient (Wildman–Crippen LogP) is 5.16. The summed E-state index contributed by atoms with van der Waals surface area (Å²) in [5.74, 6) is -0.114. The molecule has 0 saturated heterocycles. The van der Waals surface area contributed by atoms with Gasteiger partial charge in [0.1, 0.15) is 4.88 Å². The van der Waals surface area contributed by atoms with Crippen LogP contribution >= 0.6 is 11.3 Å². The first kappa shape index (κ1) is 15.6. The summed E-state index contributed by atoms with van der Waals surface area (Å²) in [5, 5.41) is 5.04. The highest BCUT2D eigenvalue weighted by Gasteiger charge is 2.14. The number of H-pyrrole nitrogens is 1. The van der Waals surface area contributed by atoms with E-state index >= 15 is 0 Å². The van der Waals surface area contributed by atoms with Crippen LogP contribution in [-0.4, -0.2) is 15.9 Å². The third kappa shape index (κ3) is 3.06. The zero-order chi connectivity index (χ0) is 17.4. The number of para-hydroxylation sites is 1. The van der Waals surface area contributed by atoms with E-state index < -0.39 is 0 Å². The molecule has 2 aromatic carbocycles. The van der Waals surface area contributed by atoms with Crippen LogP contribution in [-0.2, 0) is 0 Å². The zero-order valence-electron chi connectivity index (χ0n) is 14.0. The smallest absolute Gasteiger partial charge is 0.267 e. The van der Waals surface area contributed by atoms with Crippen molar-refractivity contribution >= 4 is 33.8 Å². The molecule has 0 aliphatic heterocycles. The molecule has 0 fully saturated rings. The van der Waals surface area contributed by atoms with Gasteiger partial charge in [-0.25, -0.2) is 4.98 Å². The molecule has 4 nitrogen and oxygen atoms in total. The SMILES string of the molecule is Cc1nc(C)c(C(=O)Nc2cccc(-c3cc4ccccc4[nH]3)c2)s1. The predicted molar refractivity (Wildman–Crippen MR) is 103 cm³/mol. The van der Waals surface area contributed by atoms with E-state index in [1.165, 1.54) is 16.7 Å².